The van der Waals surface area contributed by atoms with E-state index in [-0.39, 0.29) is 25.2 Å². The van der Waals surface area contributed by atoms with Gasteiger partial charge in [0.15, 0.2) is 11.5 Å². The number of hydrogen-bond donors (Lipinski definition) is 2. The average molecular weight is 383 g/mol. The number of amides is 2. The van der Waals surface area contributed by atoms with Gasteiger partial charge in [-0.1, -0.05) is 18.2 Å². The molecule has 1 aliphatic rings. The number of aryl methyl sites for hydroxylation is 2. The summed E-state index contributed by atoms with van der Waals surface area (Å²) in [6.07, 6.45) is 0. The molecule has 1 heterocycles. The van der Waals surface area contributed by atoms with Gasteiger partial charge in [-0.3, -0.25) is 14.5 Å². The van der Waals surface area contributed by atoms with Gasteiger partial charge in [0, 0.05) is 17.4 Å². The van der Waals surface area contributed by atoms with Gasteiger partial charge in [-0.25, -0.2) is 0 Å². The van der Waals surface area contributed by atoms with Crippen molar-refractivity contribution in [1.29, 1.82) is 0 Å². The fourth-order valence-corrected chi connectivity index (χ4v) is 2.98. The van der Waals surface area contributed by atoms with E-state index in [1.165, 1.54) is 0 Å². The third-order valence-corrected chi connectivity index (χ3v) is 4.82. The second kappa shape index (κ2) is 8.31. The Balaban J connectivity index is 1.56. The molecule has 1 unspecified atom stereocenters. The zero-order valence-electron chi connectivity index (χ0n) is 16.5. The van der Waals surface area contributed by atoms with Crippen LogP contribution in [-0.4, -0.2) is 43.1 Å². The Bertz CT molecular complexity index is 877. The highest BCUT2D eigenvalue weighted by Gasteiger charge is 2.22. The molecule has 7 nitrogen and oxygen atoms in total. The van der Waals surface area contributed by atoms with E-state index in [0.717, 1.165) is 16.8 Å². The molecule has 0 spiro atoms. The molecular formula is C21H25N3O4. The number of likely N-dealkylation sites (N-methyl/N-ethyl adjacent to an activating group) is 1. The molecule has 3 rings (SSSR count). The second-order valence-corrected chi connectivity index (χ2v) is 6.96. The number of carbonyl (C=O) groups is 2. The molecule has 7 heteroatoms. The zero-order chi connectivity index (χ0) is 20.3. The molecule has 28 heavy (non-hydrogen) atoms. The van der Waals surface area contributed by atoms with Gasteiger partial charge in [0.05, 0.1) is 12.6 Å². The number of nitrogens with zero attached hydrogens (tertiary/aromatic N) is 1. The Morgan fingerprint density at radius 3 is 2.46 bits per heavy atom. The van der Waals surface area contributed by atoms with Gasteiger partial charge in [0.1, 0.15) is 0 Å². The summed E-state index contributed by atoms with van der Waals surface area (Å²) in [5, 5.41) is 5.78. The van der Waals surface area contributed by atoms with Crippen molar-refractivity contribution < 1.29 is 19.1 Å². The van der Waals surface area contributed by atoms with Crippen LogP contribution in [0.2, 0.25) is 0 Å². The summed E-state index contributed by atoms with van der Waals surface area (Å²) in [4.78, 5) is 26.7. The van der Waals surface area contributed by atoms with Gasteiger partial charge in [-0.15, -0.1) is 0 Å². The maximum Gasteiger partial charge on any atom is 0.241 e. The Hall–Kier alpha value is -3.06. The van der Waals surface area contributed by atoms with Crippen molar-refractivity contribution in [2.45, 2.75) is 26.8 Å². The van der Waals surface area contributed by atoms with Crippen LogP contribution in [0.1, 0.15) is 18.1 Å². The van der Waals surface area contributed by atoms with Crippen LogP contribution >= 0.6 is 0 Å². The Morgan fingerprint density at radius 2 is 1.75 bits per heavy atom. The van der Waals surface area contributed by atoms with Gasteiger partial charge < -0.3 is 20.1 Å². The minimum absolute atomic E-state index is 0.101. The first-order chi connectivity index (χ1) is 13.3. The molecule has 2 aromatic carbocycles. The number of benzene rings is 2. The predicted octanol–water partition coefficient (Wildman–Crippen LogP) is 2.93. The summed E-state index contributed by atoms with van der Waals surface area (Å²) in [5.74, 6) is 0.891. The molecular weight excluding hydrogens is 358 g/mol. The molecule has 0 aliphatic carbocycles. The smallest absolute Gasteiger partial charge is 0.241 e. The Morgan fingerprint density at radius 1 is 1.07 bits per heavy atom. The molecule has 0 fully saturated rings. The lowest BCUT2D eigenvalue weighted by Crippen LogP contribution is -2.43. The lowest BCUT2D eigenvalue weighted by atomic mass is 10.1. The van der Waals surface area contributed by atoms with Gasteiger partial charge in [-0.05, 0) is 51.1 Å². The third-order valence-electron chi connectivity index (χ3n) is 4.82. The van der Waals surface area contributed by atoms with E-state index >= 15 is 0 Å². The van der Waals surface area contributed by atoms with Crippen molar-refractivity contribution in [3.8, 4) is 11.5 Å². The molecule has 0 bridgehead atoms. The normalized spacial score (nSPS) is 13.3. The molecule has 2 aromatic rings. The summed E-state index contributed by atoms with van der Waals surface area (Å²) < 4.78 is 10.6. The minimum atomic E-state index is -0.492. The van der Waals surface area contributed by atoms with Crippen LogP contribution in [0.4, 0.5) is 11.4 Å². The Labute approximate surface area is 164 Å². The average Bonchev–Trinajstić information content (AvgIpc) is 3.12. The number of ether oxygens (including phenoxy) is 2. The van der Waals surface area contributed by atoms with E-state index in [2.05, 4.69) is 10.6 Å². The molecule has 1 atom stereocenters. The van der Waals surface area contributed by atoms with Crippen molar-refractivity contribution in [3.63, 3.8) is 0 Å². The van der Waals surface area contributed by atoms with Crippen molar-refractivity contribution >= 4 is 23.2 Å². The molecule has 0 aromatic heterocycles. The molecule has 148 valence electrons. The van der Waals surface area contributed by atoms with Crippen LogP contribution in [0.25, 0.3) is 0 Å². The number of carbonyl (C=O) groups excluding carboxylic acids is 2. The highest BCUT2D eigenvalue weighted by Crippen LogP contribution is 2.34. The van der Waals surface area contributed by atoms with E-state index in [4.69, 9.17) is 9.47 Å². The summed E-state index contributed by atoms with van der Waals surface area (Å²) in [7, 11) is 1.74. The number of fused-ring (bicyclic) bond motifs is 1. The van der Waals surface area contributed by atoms with Gasteiger partial charge >= 0.3 is 0 Å². The van der Waals surface area contributed by atoms with Crippen LogP contribution in [0.5, 0.6) is 11.5 Å². The third kappa shape index (κ3) is 4.43. The van der Waals surface area contributed by atoms with Crippen molar-refractivity contribution in [3.05, 3.63) is 47.5 Å². The first kappa shape index (κ1) is 19.7. The summed E-state index contributed by atoms with van der Waals surface area (Å²) in [5.41, 5.74) is 3.45. The van der Waals surface area contributed by atoms with E-state index in [1.807, 2.05) is 32.0 Å². The van der Waals surface area contributed by atoms with Gasteiger partial charge in [-0.2, -0.15) is 0 Å². The van der Waals surface area contributed by atoms with Gasteiger partial charge in [0.2, 0.25) is 18.6 Å². The number of nitrogens with one attached hydrogen (secondary N) is 2. The molecule has 0 saturated carbocycles. The zero-order valence-corrected chi connectivity index (χ0v) is 16.5. The lowest BCUT2D eigenvalue weighted by Gasteiger charge is -2.23. The quantitative estimate of drug-likeness (QED) is 0.802. The van der Waals surface area contributed by atoms with E-state index < -0.39 is 6.04 Å². The standard InChI is InChI=1S/C21H25N3O4/c1-13-6-5-7-14(2)20(13)23-19(25)11-24(4)15(3)21(26)22-16-8-9-17-18(10-16)28-12-27-17/h5-10,15H,11-12H2,1-4H3,(H,22,26)(H,23,25). The van der Waals surface area contributed by atoms with Crippen molar-refractivity contribution in [1.82, 2.24) is 4.90 Å². The minimum Gasteiger partial charge on any atom is -0.454 e. The van der Waals surface area contributed by atoms with Crippen LogP contribution in [0.3, 0.4) is 0 Å². The summed E-state index contributed by atoms with van der Waals surface area (Å²) in [6, 6.07) is 10.6. The molecule has 2 amide bonds. The largest absolute Gasteiger partial charge is 0.454 e. The molecule has 0 radical (unpaired) electrons. The van der Waals surface area contributed by atoms with Crippen molar-refractivity contribution in [2.24, 2.45) is 0 Å². The van der Waals surface area contributed by atoms with Crippen LogP contribution < -0.4 is 20.1 Å². The van der Waals surface area contributed by atoms with Crippen LogP contribution in [0, 0.1) is 13.8 Å². The lowest BCUT2D eigenvalue weighted by molar-refractivity contribution is -0.122. The van der Waals surface area contributed by atoms with Crippen LogP contribution in [-0.2, 0) is 9.59 Å². The summed E-state index contributed by atoms with van der Waals surface area (Å²) >= 11 is 0. The molecule has 1 aliphatic heterocycles. The molecule has 2 N–H and O–H groups in total. The van der Waals surface area contributed by atoms with Crippen LogP contribution in [0.15, 0.2) is 36.4 Å². The number of rotatable bonds is 6. The van der Waals surface area contributed by atoms with Gasteiger partial charge in [0.25, 0.3) is 0 Å². The number of hydrogen-bond acceptors (Lipinski definition) is 5. The SMILES string of the molecule is Cc1cccc(C)c1NC(=O)CN(C)C(C)C(=O)Nc1ccc2c(c1)OCO2. The maximum absolute atomic E-state index is 12.5. The van der Waals surface area contributed by atoms with E-state index in [0.29, 0.717) is 17.2 Å². The second-order valence-electron chi connectivity index (χ2n) is 6.96. The summed E-state index contributed by atoms with van der Waals surface area (Å²) in [6.45, 7) is 5.95. The van der Waals surface area contributed by atoms with Crippen molar-refractivity contribution in [2.75, 3.05) is 31.0 Å². The predicted molar refractivity (Wildman–Crippen MR) is 108 cm³/mol. The first-order valence-electron chi connectivity index (χ1n) is 9.12. The van der Waals surface area contributed by atoms with E-state index in [1.54, 1.807) is 37.1 Å². The van der Waals surface area contributed by atoms with E-state index in [9.17, 15) is 9.59 Å². The maximum atomic E-state index is 12.5. The highest BCUT2D eigenvalue weighted by atomic mass is 16.7. The Kier molecular flexibility index (Phi) is 5.84. The fraction of sp³-hybridized carbons (Fsp3) is 0.333. The monoisotopic (exact) mass is 383 g/mol. The first-order valence-corrected chi connectivity index (χ1v) is 9.12. The number of para-hydroxylation sites is 1. The number of anilines is 2. The fourth-order valence-electron chi connectivity index (χ4n) is 2.98. The highest BCUT2D eigenvalue weighted by molar-refractivity contribution is 5.97. The topological polar surface area (TPSA) is 79.9 Å². The molecule has 0 saturated heterocycles.